The fraction of sp³-hybridized carbons (Fsp3) is 0.250. The molecule has 1 N–H and O–H groups in total. The smallest absolute Gasteiger partial charge is 0.143 e. The molecule has 0 bridgehead atoms. The van der Waals surface area contributed by atoms with Crippen molar-refractivity contribution in [1.29, 1.82) is 5.41 Å². The fourth-order valence-electron chi connectivity index (χ4n) is 0.912. The number of nitrogens with one attached hydrogen (secondary N) is 1. The van der Waals surface area contributed by atoms with Crippen LogP contribution in [0.15, 0.2) is 23.8 Å². The molecule has 1 aliphatic carbocycles. The van der Waals surface area contributed by atoms with Crippen molar-refractivity contribution in [1.82, 2.24) is 0 Å². The van der Waals surface area contributed by atoms with Crippen LogP contribution in [0.5, 0.6) is 0 Å². The molecular formula is C8H9NO. The molecule has 2 heteroatoms. The van der Waals surface area contributed by atoms with Gasteiger partial charge in [-0.15, -0.1) is 0 Å². The van der Waals surface area contributed by atoms with E-state index in [1.165, 1.54) is 6.08 Å². The monoisotopic (exact) mass is 135 g/mol. The van der Waals surface area contributed by atoms with Crippen LogP contribution in [0.3, 0.4) is 0 Å². The lowest BCUT2D eigenvalue weighted by Crippen LogP contribution is -2.02. The lowest BCUT2D eigenvalue weighted by Gasteiger charge is -2.06. The van der Waals surface area contributed by atoms with Gasteiger partial charge in [-0.2, -0.15) is 0 Å². The summed E-state index contributed by atoms with van der Waals surface area (Å²) in [5.41, 5.74) is 1.32. The molecule has 0 aromatic carbocycles. The molecule has 0 aromatic heterocycles. The molecule has 0 aromatic rings. The lowest BCUT2D eigenvalue weighted by molar-refractivity contribution is -0.104. The van der Waals surface area contributed by atoms with Gasteiger partial charge in [-0.3, -0.25) is 4.79 Å². The van der Waals surface area contributed by atoms with E-state index in [-0.39, 0.29) is 0 Å². The van der Waals surface area contributed by atoms with Crippen LogP contribution in [0.25, 0.3) is 0 Å². The van der Waals surface area contributed by atoms with E-state index in [1.807, 2.05) is 12.2 Å². The molecule has 0 aliphatic heterocycles. The Kier molecular flexibility index (Phi) is 2.15. The summed E-state index contributed by atoms with van der Waals surface area (Å²) >= 11 is 0. The minimum absolute atomic E-state index is 0.564. The van der Waals surface area contributed by atoms with E-state index in [4.69, 9.17) is 5.41 Å². The highest BCUT2D eigenvalue weighted by Gasteiger charge is 2.04. The third kappa shape index (κ3) is 1.41. The topological polar surface area (TPSA) is 40.9 Å². The van der Waals surface area contributed by atoms with Crippen LogP contribution in [-0.4, -0.2) is 12.0 Å². The zero-order valence-corrected chi connectivity index (χ0v) is 5.63. The van der Waals surface area contributed by atoms with E-state index in [0.717, 1.165) is 24.7 Å². The van der Waals surface area contributed by atoms with Crippen LogP contribution in [0.2, 0.25) is 0 Å². The number of aldehydes is 1. The van der Waals surface area contributed by atoms with Gasteiger partial charge in [0.15, 0.2) is 0 Å². The molecule has 0 saturated heterocycles. The van der Waals surface area contributed by atoms with Gasteiger partial charge in [0, 0.05) is 5.71 Å². The molecule has 0 spiro atoms. The minimum Gasteiger partial charge on any atom is -0.305 e. The van der Waals surface area contributed by atoms with Gasteiger partial charge in [0.1, 0.15) is 6.29 Å². The van der Waals surface area contributed by atoms with Crippen molar-refractivity contribution >= 4 is 12.0 Å². The Hall–Kier alpha value is -1.18. The van der Waals surface area contributed by atoms with Gasteiger partial charge in [0.05, 0.1) is 0 Å². The van der Waals surface area contributed by atoms with Crippen LogP contribution in [0.1, 0.15) is 12.8 Å². The quantitative estimate of drug-likeness (QED) is 0.429. The molecule has 0 fully saturated rings. The summed E-state index contributed by atoms with van der Waals surface area (Å²) in [7, 11) is 0. The Labute approximate surface area is 59.8 Å². The summed E-state index contributed by atoms with van der Waals surface area (Å²) < 4.78 is 0. The van der Waals surface area contributed by atoms with E-state index >= 15 is 0 Å². The maximum Gasteiger partial charge on any atom is 0.143 e. The predicted octanol–water partition coefficient (Wildman–Crippen LogP) is 1.48. The van der Waals surface area contributed by atoms with Crippen LogP contribution in [0, 0.1) is 5.41 Å². The molecule has 0 radical (unpaired) electrons. The van der Waals surface area contributed by atoms with Gasteiger partial charge in [0.2, 0.25) is 0 Å². The third-order valence-electron chi connectivity index (χ3n) is 1.45. The summed E-state index contributed by atoms with van der Waals surface area (Å²) in [6, 6.07) is 0. The van der Waals surface area contributed by atoms with E-state index in [0.29, 0.717) is 5.71 Å². The molecule has 10 heavy (non-hydrogen) atoms. The SMILES string of the molecule is N=C1CCC=CC1=CC=O. The Bertz CT molecular complexity index is 213. The molecule has 52 valence electrons. The number of hydrogen-bond donors (Lipinski definition) is 1. The highest BCUT2D eigenvalue weighted by molar-refractivity contribution is 6.03. The number of carbonyl (C=O) groups excluding carboxylic acids is 1. The standard InChI is InChI=1S/C8H9NO/c9-8-4-2-1-3-7(8)5-6-10/h1,3,5-6,9H,2,4H2. The summed E-state index contributed by atoms with van der Waals surface area (Å²) in [5.74, 6) is 0. The van der Waals surface area contributed by atoms with Gasteiger partial charge >= 0.3 is 0 Å². The Morgan fingerprint density at radius 1 is 1.60 bits per heavy atom. The highest BCUT2D eigenvalue weighted by Crippen LogP contribution is 2.11. The zero-order valence-electron chi connectivity index (χ0n) is 5.63. The largest absolute Gasteiger partial charge is 0.305 e. The van der Waals surface area contributed by atoms with Crippen molar-refractivity contribution in [3.63, 3.8) is 0 Å². The first-order valence-electron chi connectivity index (χ1n) is 3.24. The second kappa shape index (κ2) is 3.11. The molecule has 1 rings (SSSR count). The molecule has 2 nitrogen and oxygen atoms in total. The molecule has 0 unspecified atom stereocenters. The Balaban J connectivity index is 2.82. The first-order chi connectivity index (χ1) is 4.84. The molecule has 0 amide bonds. The Morgan fingerprint density at radius 3 is 3.00 bits per heavy atom. The van der Waals surface area contributed by atoms with E-state index < -0.39 is 0 Å². The number of allylic oxidation sites excluding steroid dienone is 4. The molecule has 0 atom stereocenters. The second-order valence-corrected chi connectivity index (χ2v) is 2.18. The zero-order chi connectivity index (χ0) is 7.40. The van der Waals surface area contributed by atoms with E-state index in [1.54, 1.807) is 0 Å². The third-order valence-corrected chi connectivity index (χ3v) is 1.45. The van der Waals surface area contributed by atoms with Crippen molar-refractivity contribution in [2.24, 2.45) is 0 Å². The Morgan fingerprint density at radius 2 is 2.40 bits per heavy atom. The summed E-state index contributed by atoms with van der Waals surface area (Å²) in [5, 5.41) is 7.37. The van der Waals surface area contributed by atoms with E-state index in [9.17, 15) is 4.79 Å². The number of hydrogen-bond acceptors (Lipinski definition) is 2. The van der Waals surface area contributed by atoms with Crippen LogP contribution < -0.4 is 0 Å². The molecule has 1 aliphatic rings. The number of rotatable bonds is 1. The van der Waals surface area contributed by atoms with Crippen molar-refractivity contribution in [2.45, 2.75) is 12.8 Å². The first-order valence-corrected chi connectivity index (χ1v) is 3.24. The lowest BCUT2D eigenvalue weighted by atomic mass is 10.00. The maximum atomic E-state index is 10.0. The van der Waals surface area contributed by atoms with Gasteiger partial charge in [-0.25, -0.2) is 0 Å². The average Bonchev–Trinajstić information content (AvgIpc) is 1.94. The average molecular weight is 135 g/mol. The molecular weight excluding hydrogens is 126 g/mol. The summed E-state index contributed by atoms with van der Waals surface area (Å²) in [4.78, 5) is 10.0. The highest BCUT2D eigenvalue weighted by atomic mass is 16.1. The summed E-state index contributed by atoms with van der Waals surface area (Å²) in [6.45, 7) is 0. The van der Waals surface area contributed by atoms with Crippen molar-refractivity contribution in [3.8, 4) is 0 Å². The number of carbonyl (C=O) groups is 1. The van der Waals surface area contributed by atoms with Crippen molar-refractivity contribution in [3.05, 3.63) is 23.8 Å². The van der Waals surface area contributed by atoms with Crippen molar-refractivity contribution < 1.29 is 4.79 Å². The van der Waals surface area contributed by atoms with Gasteiger partial charge in [0.25, 0.3) is 0 Å². The molecule has 0 saturated carbocycles. The maximum absolute atomic E-state index is 10.0. The van der Waals surface area contributed by atoms with Crippen LogP contribution in [-0.2, 0) is 4.79 Å². The van der Waals surface area contributed by atoms with Gasteiger partial charge in [-0.05, 0) is 24.5 Å². The van der Waals surface area contributed by atoms with Crippen molar-refractivity contribution in [2.75, 3.05) is 0 Å². The van der Waals surface area contributed by atoms with Gasteiger partial charge in [-0.1, -0.05) is 12.2 Å². The van der Waals surface area contributed by atoms with Gasteiger partial charge < -0.3 is 5.41 Å². The molecule has 0 heterocycles. The van der Waals surface area contributed by atoms with Crippen LogP contribution >= 0.6 is 0 Å². The second-order valence-electron chi connectivity index (χ2n) is 2.18. The van der Waals surface area contributed by atoms with E-state index in [2.05, 4.69) is 0 Å². The normalized spacial score (nSPS) is 21.6. The van der Waals surface area contributed by atoms with Crippen LogP contribution in [0.4, 0.5) is 0 Å². The summed E-state index contributed by atoms with van der Waals surface area (Å²) in [6.07, 6.45) is 7.64. The fourth-order valence-corrected chi connectivity index (χ4v) is 0.912. The minimum atomic E-state index is 0.564. The first kappa shape index (κ1) is 6.93. The predicted molar refractivity (Wildman–Crippen MR) is 40.2 cm³/mol.